The summed E-state index contributed by atoms with van der Waals surface area (Å²) in [6.07, 6.45) is 0.241. The second kappa shape index (κ2) is 9.80. The van der Waals surface area contributed by atoms with E-state index in [-0.39, 0.29) is 29.3 Å². The van der Waals surface area contributed by atoms with E-state index in [9.17, 15) is 15.3 Å². The van der Waals surface area contributed by atoms with Gasteiger partial charge in [0.15, 0.2) is 0 Å². The zero-order chi connectivity index (χ0) is 22.4. The summed E-state index contributed by atoms with van der Waals surface area (Å²) < 4.78 is 0. The molecule has 1 amide bonds. The van der Waals surface area contributed by atoms with Crippen LogP contribution in [-0.2, 0) is 4.79 Å². The average molecular weight is 428 g/mol. The minimum atomic E-state index is -0.121. The van der Waals surface area contributed by atoms with Crippen LogP contribution >= 0.6 is 11.8 Å². The van der Waals surface area contributed by atoms with Crippen LogP contribution in [-0.4, -0.2) is 16.6 Å². The number of nitrogen functional groups attached to an aromatic ring is 1. The molecular weight excluding hydrogens is 406 g/mol. The minimum absolute atomic E-state index is 0.0719. The van der Waals surface area contributed by atoms with Crippen LogP contribution in [0, 0.1) is 36.5 Å². The average Bonchev–Trinajstić information content (AvgIpc) is 2.77. The summed E-state index contributed by atoms with van der Waals surface area (Å²) in [6.45, 7) is 3.96. The summed E-state index contributed by atoms with van der Waals surface area (Å²) in [5, 5.41) is 22.7. The number of rotatable bonds is 6. The Morgan fingerprint density at radius 3 is 2.45 bits per heavy atom. The minimum Gasteiger partial charge on any atom is -0.383 e. The lowest BCUT2D eigenvalue weighted by Crippen LogP contribution is -2.13. The highest BCUT2D eigenvalue weighted by Gasteiger charge is 2.20. The molecule has 6 nitrogen and oxygen atoms in total. The number of anilines is 2. The Bertz CT molecular complexity index is 1210. The number of nitriles is 2. The molecule has 0 spiro atoms. The van der Waals surface area contributed by atoms with Crippen molar-refractivity contribution in [3.05, 3.63) is 70.8 Å². The van der Waals surface area contributed by atoms with Crippen LogP contribution in [0.3, 0.4) is 0 Å². The van der Waals surface area contributed by atoms with Crippen LogP contribution in [0.2, 0.25) is 0 Å². The third kappa shape index (κ3) is 4.85. The van der Waals surface area contributed by atoms with Crippen molar-refractivity contribution in [2.75, 3.05) is 16.8 Å². The molecule has 154 valence electrons. The number of nitrogens with one attached hydrogen (secondary N) is 1. The fourth-order valence-electron chi connectivity index (χ4n) is 3.14. The molecule has 0 atom stereocenters. The summed E-state index contributed by atoms with van der Waals surface area (Å²) in [4.78, 5) is 16.7. The first-order valence-corrected chi connectivity index (χ1v) is 10.6. The number of aromatic nitrogens is 1. The Morgan fingerprint density at radius 1 is 1.06 bits per heavy atom. The predicted octanol–water partition coefficient (Wildman–Crippen LogP) is 4.81. The molecule has 7 heteroatoms. The van der Waals surface area contributed by atoms with Crippen molar-refractivity contribution in [3.63, 3.8) is 0 Å². The highest BCUT2D eigenvalue weighted by Crippen LogP contribution is 2.35. The predicted molar refractivity (Wildman–Crippen MR) is 123 cm³/mol. The highest BCUT2D eigenvalue weighted by atomic mass is 32.2. The van der Waals surface area contributed by atoms with Gasteiger partial charge < -0.3 is 11.1 Å². The lowest BCUT2D eigenvalue weighted by atomic mass is 9.97. The fourth-order valence-corrected chi connectivity index (χ4v) is 4.07. The van der Waals surface area contributed by atoms with E-state index in [0.717, 1.165) is 22.4 Å². The number of carbonyl (C=O) groups is 1. The van der Waals surface area contributed by atoms with Gasteiger partial charge in [0.25, 0.3) is 0 Å². The zero-order valence-corrected chi connectivity index (χ0v) is 18.1. The van der Waals surface area contributed by atoms with Crippen molar-refractivity contribution in [1.82, 2.24) is 4.98 Å². The van der Waals surface area contributed by atoms with Crippen molar-refractivity contribution in [2.45, 2.75) is 25.3 Å². The number of carbonyl (C=O) groups excluding carboxylic acids is 1. The van der Waals surface area contributed by atoms with Gasteiger partial charge in [-0.3, -0.25) is 4.79 Å². The number of aryl methyl sites for hydroxylation is 1. The van der Waals surface area contributed by atoms with Crippen LogP contribution in [0.15, 0.2) is 53.6 Å². The molecule has 0 saturated carbocycles. The Kier molecular flexibility index (Phi) is 6.92. The first-order chi connectivity index (χ1) is 15.0. The Morgan fingerprint density at radius 2 is 1.77 bits per heavy atom. The molecule has 0 aliphatic carbocycles. The number of benzene rings is 2. The summed E-state index contributed by atoms with van der Waals surface area (Å²) in [5.41, 5.74) is 10.6. The highest BCUT2D eigenvalue weighted by molar-refractivity contribution is 7.99. The molecular formula is C24H21N5OS. The Balaban J connectivity index is 1.80. The van der Waals surface area contributed by atoms with Crippen LogP contribution < -0.4 is 11.1 Å². The summed E-state index contributed by atoms with van der Waals surface area (Å²) in [7, 11) is 0. The maximum absolute atomic E-state index is 12.4. The second-order valence-corrected chi connectivity index (χ2v) is 7.99. The maximum Gasteiger partial charge on any atom is 0.225 e. The molecule has 1 heterocycles. The van der Waals surface area contributed by atoms with E-state index in [1.54, 1.807) is 0 Å². The topological polar surface area (TPSA) is 116 Å². The van der Waals surface area contributed by atoms with Gasteiger partial charge in [-0.05, 0) is 36.6 Å². The lowest BCUT2D eigenvalue weighted by molar-refractivity contribution is -0.115. The smallest absolute Gasteiger partial charge is 0.225 e. The maximum atomic E-state index is 12.4. The zero-order valence-electron chi connectivity index (χ0n) is 17.3. The van der Waals surface area contributed by atoms with E-state index >= 15 is 0 Å². The lowest BCUT2D eigenvalue weighted by Gasteiger charge is -2.13. The van der Waals surface area contributed by atoms with E-state index in [4.69, 9.17) is 5.73 Å². The van der Waals surface area contributed by atoms with E-state index in [1.165, 1.54) is 11.8 Å². The number of pyridine rings is 1. The second-order valence-electron chi connectivity index (χ2n) is 6.91. The van der Waals surface area contributed by atoms with E-state index < -0.39 is 0 Å². The molecule has 0 saturated heterocycles. The number of nitrogens with zero attached hydrogens (tertiary/aromatic N) is 3. The molecule has 3 rings (SSSR count). The number of nitrogens with two attached hydrogens (primary N) is 1. The molecule has 31 heavy (non-hydrogen) atoms. The molecule has 3 aromatic rings. The van der Waals surface area contributed by atoms with Crippen molar-refractivity contribution >= 4 is 29.2 Å². The molecule has 0 aliphatic rings. The normalized spacial score (nSPS) is 10.2. The summed E-state index contributed by atoms with van der Waals surface area (Å²) in [6, 6.07) is 19.2. The summed E-state index contributed by atoms with van der Waals surface area (Å²) >= 11 is 1.28. The molecule has 0 aliphatic heterocycles. The number of hydrogen-bond acceptors (Lipinski definition) is 6. The van der Waals surface area contributed by atoms with Crippen molar-refractivity contribution in [1.29, 1.82) is 10.5 Å². The molecule has 0 fully saturated rings. The standard InChI is InChI=1S/C24H21N5OS/c1-15-7-6-10-20(16(15)2)28-21(30)11-12-31-24-19(14-26)22(17-8-4-3-5-9-17)18(13-25)23(27)29-24/h3-10H,11-12H2,1-2H3,(H2,27,29)(H,28,30). The Hall–Kier alpha value is -3.81. The third-order valence-corrected chi connectivity index (χ3v) is 5.90. The molecule has 3 N–H and O–H groups in total. The van der Waals surface area contributed by atoms with E-state index in [0.29, 0.717) is 16.3 Å². The first-order valence-electron chi connectivity index (χ1n) is 9.64. The number of thioether (sulfide) groups is 1. The Labute approximate surface area is 185 Å². The van der Waals surface area contributed by atoms with Gasteiger partial charge in [0.1, 0.15) is 28.5 Å². The SMILES string of the molecule is Cc1cccc(NC(=O)CCSc2nc(N)c(C#N)c(-c3ccccc3)c2C#N)c1C. The molecule has 0 bridgehead atoms. The van der Waals surface area contributed by atoms with Gasteiger partial charge in [0.05, 0.1) is 5.56 Å². The van der Waals surface area contributed by atoms with Crippen LogP contribution in [0.1, 0.15) is 28.7 Å². The quantitative estimate of drug-likeness (QED) is 0.545. The molecule has 0 radical (unpaired) electrons. The monoisotopic (exact) mass is 427 g/mol. The van der Waals surface area contributed by atoms with Gasteiger partial charge in [-0.1, -0.05) is 42.5 Å². The van der Waals surface area contributed by atoms with Crippen LogP contribution in [0.4, 0.5) is 11.5 Å². The summed E-state index contributed by atoms with van der Waals surface area (Å²) in [5.74, 6) is 0.366. The van der Waals surface area contributed by atoms with Gasteiger partial charge in [0.2, 0.25) is 5.91 Å². The van der Waals surface area contributed by atoms with Gasteiger partial charge in [-0.25, -0.2) is 4.98 Å². The largest absolute Gasteiger partial charge is 0.383 e. The van der Waals surface area contributed by atoms with E-state index in [1.807, 2.05) is 62.4 Å². The number of amides is 1. The van der Waals surface area contributed by atoms with Crippen molar-refractivity contribution in [2.24, 2.45) is 0 Å². The van der Waals surface area contributed by atoms with Crippen molar-refractivity contribution in [3.8, 4) is 23.3 Å². The van der Waals surface area contributed by atoms with Crippen LogP contribution in [0.25, 0.3) is 11.1 Å². The van der Waals surface area contributed by atoms with Crippen LogP contribution in [0.5, 0.6) is 0 Å². The number of hydrogen-bond donors (Lipinski definition) is 2. The fraction of sp³-hybridized carbons (Fsp3) is 0.167. The molecule has 1 aromatic heterocycles. The molecule has 0 unspecified atom stereocenters. The van der Waals surface area contributed by atoms with Gasteiger partial charge in [-0.2, -0.15) is 10.5 Å². The first kappa shape index (κ1) is 21.9. The third-order valence-electron chi connectivity index (χ3n) is 4.92. The van der Waals surface area contributed by atoms with Gasteiger partial charge in [0, 0.05) is 23.4 Å². The van der Waals surface area contributed by atoms with Gasteiger partial charge in [-0.15, -0.1) is 11.8 Å². The van der Waals surface area contributed by atoms with Gasteiger partial charge >= 0.3 is 0 Å². The van der Waals surface area contributed by atoms with E-state index in [2.05, 4.69) is 22.4 Å². The van der Waals surface area contributed by atoms with Crippen molar-refractivity contribution < 1.29 is 4.79 Å². The molecule has 2 aromatic carbocycles.